The number of hydrogen-bond acceptors (Lipinski definition) is 4. The molecule has 2 amide bonds. The topological polar surface area (TPSA) is 82.9 Å². The van der Waals surface area contributed by atoms with Crippen LogP contribution in [0.3, 0.4) is 0 Å². The minimum Gasteiger partial charge on any atom is -0.387 e. The minimum atomic E-state index is -0.592. The Labute approximate surface area is 179 Å². The number of likely N-dealkylation sites (tertiary alicyclic amines) is 1. The summed E-state index contributed by atoms with van der Waals surface area (Å²) in [5.74, 6) is -0.673. The van der Waals surface area contributed by atoms with Crippen LogP contribution in [0.25, 0.3) is 5.69 Å². The molecule has 2 aliphatic heterocycles. The van der Waals surface area contributed by atoms with E-state index in [0.29, 0.717) is 48.8 Å². The molecule has 0 radical (unpaired) electrons. The fourth-order valence-electron chi connectivity index (χ4n) is 4.49. The molecular formula is C23H26FN3O4. The fourth-order valence-corrected chi connectivity index (χ4v) is 4.49. The summed E-state index contributed by atoms with van der Waals surface area (Å²) in [6.45, 7) is 3.29. The molecular weight excluding hydrogens is 401 g/mol. The molecule has 4 rings (SSSR count). The number of aromatic nitrogens is 1. The van der Waals surface area contributed by atoms with Crippen molar-refractivity contribution in [1.29, 1.82) is 0 Å². The standard InChI is InChI=1S/C23H26FN3O4/c1-2-15-7-9-26(11-15)22(30)21-19-8-10-25(20(29)14-28)12-16(19)13-27(23(21)31)18-5-3-17(24)4-6-18/h3-6,13,15,28H,2,7-12,14H2,1H3. The Morgan fingerprint density at radius 2 is 1.90 bits per heavy atom. The van der Waals surface area contributed by atoms with Crippen LogP contribution in [-0.2, 0) is 17.8 Å². The highest BCUT2D eigenvalue weighted by molar-refractivity contribution is 5.96. The van der Waals surface area contributed by atoms with Crippen LogP contribution in [0.1, 0.15) is 41.3 Å². The highest BCUT2D eigenvalue weighted by Gasteiger charge is 2.33. The summed E-state index contributed by atoms with van der Waals surface area (Å²) < 4.78 is 14.8. The van der Waals surface area contributed by atoms with Gasteiger partial charge in [-0.3, -0.25) is 19.0 Å². The molecule has 1 N–H and O–H groups in total. The van der Waals surface area contributed by atoms with Crippen LogP contribution in [0.2, 0.25) is 0 Å². The van der Waals surface area contributed by atoms with E-state index in [2.05, 4.69) is 6.92 Å². The third-order valence-electron chi connectivity index (χ3n) is 6.36. The van der Waals surface area contributed by atoms with Crippen molar-refractivity contribution >= 4 is 11.8 Å². The molecule has 1 unspecified atom stereocenters. The number of amides is 2. The SMILES string of the molecule is CCC1CCN(C(=O)c2c3c(cn(-c4ccc(F)cc4)c2=O)CN(C(=O)CO)CC3)C1. The van der Waals surface area contributed by atoms with Gasteiger partial charge in [-0.2, -0.15) is 0 Å². The van der Waals surface area contributed by atoms with Crippen molar-refractivity contribution in [2.45, 2.75) is 32.7 Å². The Hall–Kier alpha value is -3.00. The van der Waals surface area contributed by atoms with Crippen molar-refractivity contribution in [1.82, 2.24) is 14.4 Å². The second kappa shape index (κ2) is 8.63. The van der Waals surface area contributed by atoms with E-state index in [9.17, 15) is 23.9 Å². The van der Waals surface area contributed by atoms with Gasteiger partial charge in [-0.15, -0.1) is 0 Å². The molecule has 1 aromatic heterocycles. The summed E-state index contributed by atoms with van der Waals surface area (Å²) in [6, 6.07) is 5.49. The predicted molar refractivity (Wildman–Crippen MR) is 113 cm³/mol. The monoisotopic (exact) mass is 427 g/mol. The quantitative estimate of drug-likeness (QED) is 0.806. The molecule has 0 spiro atoms. The lowest BCUT2D eigenvalue weighted by atomic mass is 9.95. The molecule has 0 saturated carbocycles. The van der Waals surface area contributed by atoms with E-state index in [1.54, 1.807) is 11.1 Å². The molecule has 1 aromatic carbocycles. The van der Waals surface area contributed by atoms with E-state index in [4.69, 9.17) is 0 Å². The van der Waals surface area contributed by atoms with E-state index in [1.807, 2.05) is 0 Å². The molecule has 31 heavy (non-hydrogen) atoms. The summed E-state index contributed by atoms with van der Waals surface area (Å²) in [7, 11) is 0. The van der Waals surface area contributed by atoms with Crippen molar-refractivity contribution in [2.75, 3.05) is 26.2 Å². The molecule has 3 heterocycles. The van der Waals surface area contributed by atoms with Crippen molar-refractivity contribution in [3.63, 3.8) is 0 Å². The van der Waals surface area contributed by atoms with E-state index < -0.39 is 23.9 Å². The molecule has 2 aromatic rings. The number of fused-ring (bicyclic) bond motifs is 1. The van der Waals surface area contributed by atoms with Crippen LogP contribution in [0, 0.1) is 11.7 Å². The van der Waals surface area contributed by atoms with Crippen LogP contribution in [0.15, 0.2) is 35.3 Å². The summed E-state index contributed by atoms with van der Waals surface area (Å²) in [5.41, 5.74) is 1.50. The average molecular weight is 427 g/mol. The van der Waals surface area contributed by atoms with Crippen molar-refractivity contribution in [2.24, 2.45) is 5.92 Å². The van der Waals surface area contributed by atoms with Crippen LogP contribution in [0.4, 0.5) is 4.39 Å². The smallest absolute Gasteiger partial charge is 0.268 e. The maximum atomic E-state index is 13.4. The Kier molecular flexibility index (Phi) is 5.91. The lowest BCUT2D eigenvalue weighted by Crippen LogP contribution is -2.42. The van der Waals surface area contributed by atoms with Gasteiger partial charge in [-0.05, 0) is 54.2 Å². The third kappa shape index (κ3) is 3.99. The number of aliphatic hydroxyl groups is 1. The Bertz CT molecular complexity index is 1060. The lowest BCUT2D eigenvalue weighted by molar-refractivity contribution is -0.135. The molecule has 1 saturated heterocycles. The average Bonchev–Trinajstić information content (AvgIpc) is 3.27. The number of nitrogens with zero attached hydrogens (tertiary/aromatic N) is 3. The van der Waals surface area contributed by atoms with E-state index in [-0.39, 0.29) is 18.0 Å². The molecule has 2 aliphatic rings. The number of benzene rings is 1. The first-order valence-corrected chi connectivity index (χ1v) is 10.6. The summed E-state index contributed by atoms with van der Waals surface area (Å²) in [6.07, 6.45) is 3.89. The van der Waals surface area contributed by atoms with Crippen molar-refractivity contribution in [3.8, 4) is 5.69 Å². The van der Waals surface area contributed by atoms with Crippen LogP contribution < -0.4 is 5.56 Å². The first-order chi connectivity index (χ1) is 14.9. The van der Waals surface area contributed by atoms with Crippen LogP contribution in [-0.4, -0.2) is 57.5 Å². The second-order valence-corrected chi connectivity index (χ2v) is 8.20. The van der Waals surface area contributed by atoms with Crippen molar-refractivity contribution < 1.29 is 19.1 Å². The summed E-state index contributed by atoms with van der Waals surface area (Å²) >= 11 is 0. The summed E-state index contributed by atoms with van der Waals surface area (Å²) in [5, 5.41) is 9.23. The number of rotatable bonds is 4. The van der Waals surface area contributed by atoms with Gasteiger partial charge in [-0.1, -0.05) is 13.3 Å². The minimum absolute atomic E-state index is 0.134. The number of hydrogen-bond donors (Lipinski definition) is 1. The molecule has 7 nitrogen and oxygen atoms in total. The molecule has 1 fully saturated rings. The zero-order chi connectivity index (χ0) is 22.1. The van der Waals surface area contributed by atoms with Gasteiger partial charge in [0.25, 0.3) is 11.5 Å². The highest BCUT2D eigenvalue weighted by atomic mass is 19.1. The van der Waals surface area contributed by atoms with Crippen molar-refractivity contribution in [3.05, 3.63) is 63.3 Å². The molecule has 8 heteroatoms. The molecule has 1 atom stereocenters. The van der Waals surface area contributed by atoms with E-state index in [1.165, 1.54) is 33.7 Å². The molecule has 164 valence electrons. The number of aliphatic hydroxyl groups excluding tert-OH is 1. The second-order valence-electron chi connectivity index (χ2n) is 8.20. The zero-order valence-corrected chi connectivity index (χ0v) is 17.5. The van der Waals surface area contributed by atoms with Gasteiger partial charge in [0.1, 0.15) is 18.0 Å². The number of carbonyl (C=O) groups is 2. The van der Waals surface area contributed by atoms with Gasteiger partial charge in [0, 0.05) is 38.1 Å². The van der Waals surface area contributed by atoms with Gasteiger partial charge in [0.05, 0.1) is 0 Å². The third-order valence-corrected chi connectivity index (χ3v) is 6.36. The molecule has 0 bridgehead atoms. The normalized spacial score (nSPS) is 18.2. The maximum absolute atomic E-state index is 13.4. The predicted octanol–water partition coefficient (Wildman–Crippen LogP) is 1.73. The Morgan fingerprint density at radius 3 is 2.55 bits per heavy atom. The zero-order valence-electron chi connectivity index (χ0n) is 17.5. The van der Waals surface area contributed by atoms with Gasteiger partial charge < -0.3 is 14.9 Å². The Morgan fingerprint density at radius 1 is 1.16 bits per heavy atom. The molecule has 0 aliphatic carbocycles. The first-order valence-electron chi connectivity index (χ1n) is 10.6. The number of carbonyl (C=O) groups excluding carboxylic acids is 2. The van der Waals surface area contributed by atoms with Gasteiger partial charge >= 0.3 is 0 Å². The summed E-state index contributed by atoms with van der Waals surface area (Å²) in [4.78, 5) is 42.2. The van der Waals surface area contributed by atoms with Gasteiger partial charge in [0.2, 0.25) is 5.91 Å². The largest absolute Gasteiger partial charge is 0.387 e. The first kappa shape index (κ1) is 21.2. The lowest BCUT2D eigenvalue weighted by Gasteiger charge is -2.30. The number of halogens is 1. The number of pyridine rings is 1. The van der Waals surface area contributed by atoms with E-state index in [0.717, 1.165) is 12.8 Å². The fraction of sp³-hybridized carbons (Fsp3) is 0.435. The van der Waals surface area contributed by atoms with Crippen LogP contribution >= 0.6 is 0 Å². The van der Waals surface area contributed by atoms with E-state index >= 15 is 0 Å². The Balaban J connectivity index is 1.82. The maximum Gasteiger partial charge on any atom is 0.268 e. The van der Waals surface area contributed by atoms with Gasteiger partial charge in [-0.25, -0.2) is 4.39 Å². The highest BCUT2D eigenvalue weighted by Crippen LogP contribution is 2.26. The van der Waals surface area contributed by atoms with Gasteiger partial charge in [0.15, 0.2) is 0 Å². The van der Waals surface area contributed by atoms with Crippen LogP contribution in [0.5, 0.6) is 0 Å².